The number of piperazine rings is 1. The van der Waals surface area contributed by atoms with Gasteiger partial charge in [-0.1, -0.05) is 25.4 Å². The van der Waals surface area contributed by atoms with Gasteiger partial charge in [0.1, 0.15) is 16.6 Å². The van der Waals surface area contributed by atoms with E-state index in [-0.39, 0.29) is 29.2 Å². The fraction of sp³-hybridized carbons (Fsp3) is 0.706. The molecule has 0 bridgehead atoms. The van der Waals surface area contributed by atoms with Gasteiger partial charge in [-0.2, -0.15) is 0 Å². The van der Waals surface area contributed by atoms with Crippen LogP contribution >= 0.6 is 11.6 Å². The van der Waals surface area contributed by atoms with Gasteiger partial charge in [0, 0.05) is 13.1 Å². The zero-order valence-electron chi connectivity index (χ0n) is 15.9. The molecule has 7 nitrogen and oxygen atoms in total. The Morgan fingerprint density at radius 1 is 1.16 bits per heavy atom. The number of halogens is 1. The normalized spacial score (nSPS) is 21.9. The average Bonchev–Trinajstić information content (AvgIpc) is 2.48. The molecule has 0 aromatic carbocycles. The lowest BCUT2D eigenvalue weighted by atomic mass is 10.0. The Hall–Kier alpha value is -1.76. The first-order valence-corrected chi connectivity index (χ1v) is 9.02. The van der Waals surface area contributed by atoms with Crippen molar-refractivity contribution in [2.75, 3.05) is 13.1 Å². The van der Waals surface area contributed by atoms with Gasteiger partial charge in [0.25, 0.3) is 0 Å². The highest BCUT2D eigenvalue weighted by molar-refractivity contribution is 6.29. The third kappa shape index (κ3) is 5.92. The van der Waals surface area contributed by atoms with Gasteiger partial charge in [-0.15, -0.1) is 0 Å². The second-order valence-electron chi connectivity index (χ2n) is 7.29. The summed E-state index contributed by atoms with van der Waals surface area (Å²) in [4.78, 5) is 16.6. The predicted molar refractivity (Wildman–Crippen MR) is 101 cm³/mol. The molecule has 1 amide bonds. The minimum Gasteiger partial charge on any atom is -0.444 e. The first-order chi connectivity index (χ1) is 11.5. The van der Waals surface area contributed by atoms with Crippen LogP contribution in [0.25, 0.3) is 0 Å². The van der Waals surface area contributed by atoms with Crippen LogP contribution in [0.15, 0.2) is 22.8 Å². The predicted octanol–water partition coefficient (Wildman–Crippen LogP) is 2.22. The molecule has 1 aliphatic rings. The molecule has 144 valence electrons. The molecule has 2 unspecified atom stereocenters. The Kier molecular flexibility index (Phi) is 7.29. The Bertz CT molecular complexity index is 520. The van der Waals surface area contributed by atoms with Crippen LogP contribution in [-0.2, 0) is 4.74 Å². The van der Waals surface area contributed by atoms with E-state index in [0.29, 0.717) is 18.8 Å². The summed E-state index contributed by atoms with van der Waals surface area (Å²) in [7, 11) is 0. The zero-order valence-corrected chi connectivity index (χ0v) is 16.6. The van der Waals surface area contributed by atoms with Gasteiger partial charge in [0.2, 0.25) is 0 Å². The summed E-state index contributed by atoms with van der Waals surface area (Å²) in [5, 5.41) is 0.110. The minimum atomic E-state index is -0.534. The number of nitrogens with zero attached hydrogens (tertiary/aromatic N) is 2. The van der Waals surface area contributed by atoms with Gasteiger partial charge in [-0.25, -0.2) is 4.79 Å². The smallest absolute Gasteiger partial charge is 0.410 e. The number of carbonyl (C=O) groups is 1. The highest BCUT2D eigenvalue weighted by Gasteiger charge is 2.38. The maximum absolute atomic E-state index is 12.7. The molecule has 0 spiro atoms. The van der Waals surface area contributed by atoms with Crippen LogP contribution < -0.4 is 17.2 Å². The lowest BCUT2D eigenvalue weighted by Gasteiger charge is -2.47. The molecule has 1 fully saturated rings. The van der Waals surface area contributed by atoms with Crippen molar-refractivity contribution in [2.24, 2.45) is 17.2 Å². The summed E-state index contributed by atoms with van der Waals surface area (Å²) >= 11 is 5.81. The molecule has 25 heavy (non-hydrogen) atoms. The summed E-state index contributed by atoms with van der Waals surface area (Å²) in [6, 6.07) is -0.0410. The fourth-order valence-electron chi connectivity index (χ4n) is 3.01. The van der Waals surface area contributed by atoms with Crippen LogP contribution in [0.3, 0.4) is 0 Å². The van der Waals surface area contributed by atoms with Crippen molar-refractivity contribution in [1.82, 2.24) is 9.80 Å². The molecule has 0 radical (unpaired) electrons. The van der Waals surface area contributed by atoms with Crippen LogP contribution in [-0.4, -0.2) is 46.7 Å². The molecule has 0 saturated carbocycles. The van der Waals surface area contributed by atoms with E-state index in [9.17, 15) is 4.79 Å². The van der Waals surface area contributed by atoms with E-state index >= 15 is 0 Å². The standard InChI is InChI=1S/C17H32ClN5O2/c1-6-11-9-22(13(15(20)21)8-14(18)19)10-12(7-2)23(11)16(24)25-17(3,4)5/h8,11-12H,6-7,9-10,19-21H2,1-5H3/b14-8-. The maximum Gasteiger partial charge on any atom is 0.410 e. The highest BCUT2D eigenvalue weighted by Crippen LogP contribution is 2.26. The third-order valence-electron chi connectivity index (χ3n) is 4.11. The van der Waals surface area contributed by atoms with Crippen molar-refractivity contribution in [3.8, 4) is 0 Å². The molecule has 1 rings (SSSR count). The van der Waals surface area contributed by atoms with Crippen LogP contribution in [0, 0.1) is 0 Å². The Balaban J connectivity index is 3.12. The summed E-state index contributed by atoms with van der Waals surface area (Å²) in [6.07, 6.45) is 2.83. The van der Waals surface area contributed by atoms with E-state index in [4.69, 9.17) is 33.5 Å². The van der Waals surface area contributed by atoms with E-state index in [0.717, 1.165) is 12.8 Å². The third-order valence-corrected chi connectivity index (χ3v) is 4.22. The molecular weight excluding hydrogens is 342 g/mol. The Morgan fingerprint density at radius 3 is 1.96 bits per heavy atom. The molecule has 1 aliphatic heterocycles. The van der Waals surface area contributed by atoms with E-state index < -0.39 is 5.60 Å². The molecule has 1 saturated heterocycles. The van der Waals surface area contributed by atoms with Crippen LogP contribution in [0.4, 0.5) is 4.79 Å². The quantitative estimate of drug-likeness (QED) is 0.514. The lowest BCUT2D eigenvalue weighted by Crippen LogP contribution is -2.60. The zero-order chi connectivity index (χ0) is 19.4. The van der Waals surface area contributed by atoms with E-state index in [1.54, 1.807) is 6.08 Å². The first kappa shape index (κ1) is 21.3. The van der Waals surface area contributed by atoms with Crippen molar-refractivity contribution < 1.29 is 9.53 Å². The van der Waals surface area contributed by atoms with E-state index in [1.165, 1.54) is 0 Å². The number of ether oxygens (including phenoxy) is 1. The molecule has 6 N–H and O–H groups in total. The molecular formula is C17H32ClN5O2. The van der Waals surface area contributed by atoms with Gasteiger partial charge < -0.3 is 26.8 Å². The van der Waals surface area contributed by atoms with Gasteiger partial charge >= 0.3 is 6.09 Å². The average molecular weight is 374 g/mol. The van der Waals surface area contributed by atoms with Gasteiger partial charge in [0.05, 0.1) is 17.8 Å². The van der Waals surface area contributed by atoms with Crippen molar-refractivity contribution >= 4 is 17.7 Å². The van der Waals surface area contributed by atoms with Crippen LogP contribution in [0.2, 0.25) is 0 Å². The number of nitrogens with two attached hydrogens (primary N) is 3. The summed E-state index contributed by atoms with van der Waals surface area (Å²) < 4.78 is 5.60. The van der Waals surface area contributed by atoms with Crippen molar-refractivity contribution in [2.45, 2.75) is 65.1 Å². The molecule has 0 aromatic rings. The summed E-state index contributed by atoms with van der Waals surface area (Å²) in [5.74, 6) is 0.152. The molecule has 0 aliphatic carbocycles. The van der Waals surface area contributed by atoms with Gasteiger partial charge in [-0.05, 0) is 39.7 Å². The van der Waals surface area contributed by atoms with Crippen LogP contribution in [0.5, 0.6) is 0 Å². The van der Waals surface area contributed by atoms with Crippen molar-refractivity contribution in [3.05, 3.63) is 22.8 Å². The maximum atomic E-state index is 12.7. The Morgan fingerprint density at radius 2 is 1.64 bits per heavy atom. The molecule has 1 heterocycles. The molecule has 2 atom stereocenters. The number of rotatable bonds is 4. The number of amides is 1. The lowest BCUT2D eigenvalue weighted by molar-refractivity contribution is -0.0177. The molecule has 0 aromatic heterocycles. The largest absolute Gasteiger partial charge is 0.444 e. The van der Waals surface area contributed by atoms with Crippen LogP contribution in [0.1, 0.15) is 47.5 Å². The number of hydrogen-bond donors (Lipinski definition) is 3. The monoisotopic (exact) mass is 373 g/mol. The fourth-order valence-corrected chi connectivity index (χ4v) is 3.11. The second-order valence-corrected chi connectivity index (χ2v) is 7.72. The topological polar surface area (TPSA) is 111 Å². The summed E-state index contributed by atoms with van der Waals surface area (Å²) in [5.41, 5.74) is 17.3. The minimum absolute atomic E-state index is 0.0205. The second kappa shape index (κ2) is 8.56. The van der Waals surface area contributed by atoms with Crippen molar-refractivity contribution in [1.29, 1.82) is 0 Å². The van der Waals surface area contributed by atoms with Gasteiger partial charge in [0.15, 0.2) is 0 Å². The molecule has 8 heteroatoms. The van der Waals surface area contributed by atoms with E-state index in [1.807, 2.05) is 44.4 Å². The number of carbonyl (C=O) groups excluding carboxylic acids is 1. The number of hydrogen-bond acceptors (Lipinski definition) is 6. The first-order valence-electron chi connectivity index (χ1n) is 8.64. The van der Waals surface area contributed by atoms with Gasteiger partial charge in [-0.3, -0.25) is 4.90 Å². The number of allylic oxidation sites excluding steroid dienone is 1. The highest BCUT2D eigenvalue weighted by atomic mass is 35.5. The SMILES string of the molecule is CCC1CN(C(/C=C(\N)Cl)=C(N)N)CC(CC)N1C(=O)OC(C)(C)C. The Labute approximate surface area is 155 Å². The summed E-state index contributed by atoms with van der Waals surface area (Å²) in [6.45, 7) is 10.9. The van der Waals surface area contributed by atoms with Crippen molar-refractivity contribution in [3.63, 3.8) is 0 Å². The van der Waals surface area contributed by atoms with E-state index in [2.05, 4.69) is 0 Å².